The fourth-order valence-corrected chi connectivity index (χ4v) is 5.85. The van der Waals surface area contributed by atoms with Gasteiger partial charge in [-0.05, 0) is 21.9 Å². The quantitative estimate of drug-likeness (QED) is 0.563. The number of hydrogen-bond donors (Lipinski definition) is 0. The van der Waals surface area contributed by atoms with Crippen molar-refractivity contribution < 1.29 is 9.53 Å². The Labute approximate surface area is 146 Å². The second-order valence-electron chi connectivity index (χ2n) is 8.17. The Morgan fingerprint density at radius 1 is 1.25 bits per heavy atom. The van der Waals surface area contributed by atoms with Gasteiger partial charge in [-0.25, -0.2) is 0 Å². The second kappa shape index (κ2) is 5.63. The maximum atomic E-state index is 12.6. The van der Waals surface area contributed by atoms with Gasteiger partial charge in [0, 0.05) is 29.5 Å². The van der Waals surface area contributed by atoms with E-state index in [-0.39, 0.29) is 10.8 Å². The summed E-state index contributed by atoms with van der Waals surface area (Å²) in [5.74, 6) is 7.55. The molecule has 0 amide bonds. The van der Waals surface area contributed by atoms with Crippen LogP contribution in [0.3, 0.4) is 0 Å². The number of ketones is 1. The van der Waals surface area contributed by atoms with E-state index in [4.69, 9.17) is 4.74 Å². The first-order valence-corrected chi connectivity index (χ1v) is 11.8. The molecule has 1 heterocycles. The lowest BCUT2D eigenvalue weighted by atomic mass is 9.95. The molecule has 1 aromatic rings. The van der Waals surface area contributed by atoms with Gasteiger partial charge in [-0.3, -0.25) is 4.79 Å². The van der Waals surface area contributed by atoms with Crippen molar-refractivity contribution in [3.05, 3.63) is 28.3 Å². The van der Waals surface area contributed by atoms with E-state index in [2.05, 4.69) is 45.7 Å². The average Bonchev–Trinajstić information content (AvgIpc) is 3.10. The third-order valence-corrected chi connectivity index (χ3v) is 11.2. The van der Waals surface area contributed by atoms with E-state index in [9.17, 15) is 4.79 Å². The van der Waals surface area contributed by atoms with Gasteiger partial charge >= 0.3 is 0 Å². The molecular weight excluding hydrogens is 312 g/mol. The highest BCUT2D eigenvalue weighted by molar-refractivity contribution is 6.93. The third-order valence-electron chi connectivity index (χ3n) is 5.73. The summed E-state index contributed by atoms with van der Waals surface area (Å²) in [6, 6.07) is 0. The molecule has 3 rings (SSSR count). The molecule has 0 saturated heterocycles. The number of benzene rings is 1. The van der Waals surface area contributed by atoms with Gasteiger partial charge in [0.2, 0.25) is 0 Å². The molecular formula is C21H26O2Si. The standard InChI is InChI=1S/C21H26O2Si/c1-7-8-9-14-15-12-13-23-19(15)20(24(5,6)21(2,3)4)16-10-11-17(22)18(14)16/h10-11H,7,12-13H2,1-6H3. The van der Waals surface area contributed by atoms with Crippen molar-refractivity contribution in [1.82, 2.24) is 0 Å². The molecule has 0 saturated carbocycles. The lowest BCUT2D eigenvalue weighted by Crippen LogP contribution is -2.51. The van der Waals surface area contributed by atoms with Crippen LogP contribution >= 0.6 is 0 Å². The molecule has 0 radical (unpaired) electrons. The number of carbonyl (C=O) groups is 1. The monoisotopic (exact) mass is 338 g/mol. The molecule has 2 aliphatic rings. The molecule has 0 aromatic heterocycles. The maximum absolute atomic E-state index is 12.6. The number of fused-ring (bicyclic) bond motifs is 2. The van der Waals surface area contributed by atoms with Crippen LogP contribution in [0.5, 0.6) is 5.75 Å². The Bertz CT molecular complexity index is 811. The van der Waals surface area contributed by atoms with E-state index < -0.39 is 8.07 Å². The van der Waals surface area contributed by atoms with Crippen LogP contribution in [0, 0.1) is 11.8 Å². The Morgan fingerprint density at radius 3 is 2.58 bits per heavy atom. The summed E-state index contributed by atoms with van der Waals surface area (Å²) in [6.45, 7) is 14.4. The summed E-state index contributed by atoms with van der Waals surface area (Å²) < 4.78 is 6.11. The fourth-order valence-electron chi connectivity index (χ4n) is 3.43. The van der Waals surface area contributed by atoms with Crippen molar-refractivity contribution in [2.45, 2.75) is 58.7 Å². The van der Waals surface area contributed by atoms with E-state index in [1.54, 1.807) is 6.08 Å². The molecule has 0 fully saturated rings. The van der Waals surface area contributed by atoms with E-state index in [1.807, 2.05) is 13.0 Å². The zero-order valence-electron chi connectivity index (χ0n) is 15.6. The minimum Gasteiger partial charge on any atom is -0.493 e. The van der Waals surface area contributed by atoms with Crippen LogP contribution in [0.25, 0.3) is 6.08 Å². The highest BCUT2D eigenvalue weighted by Gasteiger charge is 2.44. The predicted molar refractivity (Wildman–Crippen MR) is 103 cm³/mol. The smallest absolute Gasteiger partial charge is 0.187 e. The maximum Gasteiger partial charge on any atom is 0.187 e. The van der Waals surface area contributed by atoms with Crippen molar-refractivity contribution in [2.75, 3.05) is 6.61 Å². The van der Waals surface area contributed by atoms with Crippen LogP contribution in [-0.2, 0) is 6.42 Å². The first-order chi connectivity index (χ1) is 11.2. The third kappa shape index (κ3) is 2.36. The molecule has 0 atom stereocenters. The number of ether oxygens (including phenoxy) is 1. The van der Waals surface area contributed by atoms with Crippen LogP contribution in [0.1, 0.15) is 61.2 Å². The Kier molecular flexibility index (Phi) is 4.00. The van der Waals surface area contributed by atoms with Gasteiger partial charge in [0.15, 0.2) is 5.78 Å². The summed E-state index contributed by atoms with van der Waals surface area (Å²) in [7, 11) is -1.86. The number of rotatable bonds is 1. The fraction of sp³-hybridized carbons (Fsp3) is 0.476. The van der Waals surface area contributed by atoms with Crippen LogP contribution in [0.15, 0.2) is 6.08 Å². The number of allylic oxidation sites excluding steroid dienone is 1. The van der Waals surface area contributed by atoms with Gasteiger partial charge in [-0.1, -0.05) is 58.7 Å². The van der Waals surface area contributed by atoms with Crippen molar-refractivity contribution in [1.29, 1.82) is 0 Å². The first kappa shape index (κ1) is 17.0. The molecule has 1 aliphatic carbocycles. The summed E-state index contributed by atoms with van der Waals surface area (Å²) in [5.41, 5.74) is 3.97. The van der Waals surface area contributed by atoms with E-state index in [0.29, 0.717) is 6.61 Å². The molecule has 1 aliphatic heterocycles. The molecule has 0 bridgehead atoms. The number of carbonyl (C=O) groups excluding carboxylic acids is 1. The topological polar surface area (TPSA) is 26.3 Å². The van der Waals surface area contributed by atoms with Gasteiger partial charge in [-0.2, -0.15) is 0 Å². The van der Waals surface area contributed by atoms with Gasteiger partial charge < -0.3 is 4.74 Å². The second-order valence-corrected chi connectivity index (χ2v) is 13.4. The van der Waals surface area contributed by atoms with Crippen molar-refractivity contribution in [3.8, 4) is 17.6 Å². The van der Waals surface area contributed by atoms with Crippen LogP contribution < -0.4 is 9.92 Å². The molecule has 0 unspecified atom stereocenters. The Morgan fingerprint density at radius 2 is 1.96 bits per heavy atom. The molecule has 2 nitrogen and oxygen atoms in total. The lowest BCUT2D eigenvalue weighted by molar-refractivity contribution is 0.105. The zero-order chi connectivity index (χ0) is 17.7. The average molecular weight is 339 g/mol. The van der Waals surface area contributed by atoms with Crippen molar-refractivity contribution in [2.24, 2.45) is 0 Å². The Hall–Kier alpha value is -1.79. The molecule has 0 N–H and O–H groups in total. The molecule has 24 heavy (non-hydrogen) atoms. The van der Waals surface area contributed by atoms with Crippen molar-refractivity contribution >= 4 is 25.1 Å². The predicted octanol–water partition coefficient (Wildman–Crippen LogP) is 4.31. The minimum absolute atomic E-state index is 0.0973. The highest BCUT2D eigenvalue weighted by Crippen LogP contribution is 2.43. The van der Waals surface area contributed by atoms with Crippen molar-refractivity contribution in [3.63, 3.8) is 0 Å². The molecule has 126 valence electrons. The highest BCUT2D eigenvalue weighted by atomic mass is 28.3. The summed E-state index contributed by atoms with van der Waals surface area (Å²) in [5, 5.41) is 1.48. The van der Waals surface area contributed by atoms with E-state index in [0.717, 1.165) is 40.8 Å². The number of hydrogen-bond acceptors (Lipinski definition) is 2. The minimum atomic E-state index is -1.86. The van der Waals surface area contributed by atoms with Gasteiger partial charge in [0.25, 0.3) is 0 Å². The van der Waals surface area contributed by atoms with Crippen LogP contribution in [0.2, 0.25) is 18.1 Å². The SMILES string of the molecule is CCC#Cc1c2c(c([Si](C)(C)C(C)(C)C)c3c1C(=O)C=C3)OCC2. The van der Waals surface area contributed by atoms with E-state index in [1.165, 1.54) is 5.19 Å². The molecule has 3 heteroatoms. The van der Waals surface area contributed by atoms with Gasteiger partial charge in [0.05, 0.1) is 14.7 Å². The van der Waals surface area contributed by atoms with Gasteiger partial charge in [0.1, 0.15) is 5.75 Å². The van der Waals surface area contributed by atoms with Gasteiger partial charge in [-0.15, -0.1) is 0 Å². The van der Waals surface area contributed by atoms with Crippen LogP contribution in [-0.4, -0.2) is 20.5 Å². The zero-order valence-corrected chi connectivity index (χ0v) is 16.6. The summed E-state index contributed by atoms with van der Waals surface area (Å²) in [6.07, 6.45) is 5.33. The largest absolute Gasteiger partial charge is 0.493 e. The molecule has 1 aromatic carbocycles. The molecule has 0 spiro atoms. The lowest BCUT2D eigenvalue weighted by Gasteiger charge is -2.39. The first-order valence-electron chi connectivity index (χ1n) is 8.77. The van der Waals surface area contributed by atoms with Crippen LogP contribution in [0.4, 0.5) is 0 Å². The Balaban J connectivity index is 2.40. The van der Waals surface area contributed by atoms with E-state index >= 15 is 0 Å². The summed E-state index contributed by atoms with van der Waals surface area (Å²) >= 11 is 0. The summed E-state index contributed by atoms with van der Waals surface area (Å²) in [4.78, 5) is 12.6. The normalized spacial score (nSPS) is 15.7.